The maximum absolute atomic E-state index is 13.0. The molecule has 2 atom stereocenters. The van der Waals surface area contributed by atoms with E-state index in [0.717, 1.165) is 64.2 Å². The standard InChI is InChI=1S/C76H141NO8/c1-6-8-10-12-14-16-18-20-22-24-26-28-29-30-31-32-33-34-35-36-37-38-39-40-41-42-43-44-45-47-49-51-53-55-57-59-61-63-65-67-74(79)85-72(71-84-76(75(80)81)82-69-68-77(3,4)5)70-83-73(78)66-64-62-60-58-56-54-52-50-48-46-27-25-23-21-19-17-15-13-11-9-7-2/h8,10,14,16,20,22,26,28,72,76H,6-7,9,11-13,15,17-19,21,23-25,27,29-71H2,1-5H3/p+1/b10-8-,16-14-,22-20-,28-26-. The first kappa shape index (κ1) is 82.2. The third kappa shape index (κ3) is 68.6. The summed E-state index contributed by atoms with van der Waals surface area (Å²) in [5.41, 5.74) is 0. The quantitative estimate of drug-likeness (QED) is 0.0211. The number of unbranched alkanes of at least 4 members (excludes halogenated alkanes) is 46. The summed E-state index contributed by atoms with van der Waals surface area (Å²) in [6, 6.07) is 0. The summed E-state index contributed by atoms with van der Waals surface area (Å²) in [5.74, 6) is -1.97. The highest BCUT2D eigenvalue weighted by Gasteiger charge is 2.25. The molecule has 0 aliphatic carbocycles. The number of carbonyl (C=O) groups is 3. The van der Waals surface area contributed by atoms with Gasteiger partial charge in [-0.3, -0.25) is 9.59 Å². The van der Waals surface area contributed by atoms with E-state index in [1.54, 1.807) is 0 Å². The van der Waals surface area contributed by atoms with Gasteiger partial charge in [0.25, 0.3) is 6.29 Å². The second-order valence-electron chi connectivity index (χ2n) is 26.2. The van der Waals surface area contributed by atoms with Crippen molar-refractivity contribution in [1.82, 2.24) is 0 Å². The lowest BCUT2D eigenvalue weighted by molar-refractivity contribution is -0.870. The zero-order chi connectivity index (χ0) is 61.9. The minimum atomic E-state index is -1.51. The molecule has 9 heteroatoms. The lowest BCUT2D eigenvalue weighted by Gasteiger charge is -2.25. The minimum absolute atomic E-state index is 0.175. The van der Waals surface area contributed by atoms with Crippen molar-refractivity contribution in [2.24, 2.45) is 0 Å². The first-order valence-corrected chi connectivity index (χ1v) is 36.8. The van der Waals surface area contributed by atoms with Crippen molar-refractivity contribution in [2.45, 2.75) is 373 Å². The molecule has 0 amide bonds. The summed E-state index contributed by atoms with van der Waals surface area (Å²) in [5, 5.41) is 9.75. The number of carboxylic acid groups (broad SMARTS) is 1. The van der Waals surface area contributed by atoms with Crippen LogP contribution in [0.1, 0.15) is 361 Å². The maximum atomic E-state index is 13.0. The predicted molar refractivity (Wildman–Crippen MR) is 364 cm³/mol. The largest absolute Gasteiger partial charge is 0.477 e. The van der Waals surface area contributed by atoms with Crippen LogP contribution < -0.4 is 0 Å². The highest BCUT2D eigenvalue weighted by molar-refractivity contribution is 5.71. The number of esters is 2. The van der Waals surface area contributed by atoms with Crippen molar-refractivity contribution in [3.63, 3.8) is 0 Å². The topological polar surface area (TPSA) is 108 Å². The van der Waals surface area contributed by atoms with E-state index in [1.807, 2.05) is 21.1 Å². The normalized spacial score (nSPS) is 12.9. The van der Waals surface area contributed by atoms with E-state index in [2.05, 4.69) is 62.5 Å². The van der Waals surface area contributed by atoms with E-state index in [-0.39, 0.29) is 38.2 Å². The van der Waals surface area contributed by atoms with E-state index < -0.39 is 18.4 Å². The average molecular weight is 1200 g/mol. The van der Waals surface area contributed by atoms with Crippen molar-refractivity contribution in [3.8, 4) is 0 Å². The average Bonchev–Trinajstić information content (AvgIpc) is 3.49. The zero-order valence-corrected chi connectivity index (χ0v) is 57.0. The molecular formula is C76H142NO8+. The van der Waals surface area contributed by atoms with Crippen molar-refractivity contribution in [2.75, 3.05) is 47.5 Å². The summed E-state index contributed by atoms with van der Waals surface area (Å²) in [7, 11) is 5.99. The molecule has 0 radical (unpaired) electrons. The van der Waals surface area contributed by atoms with Gasteiger partial charge in [-0.2, -0.15) is 0 Å². The number of allylic oxidation sites excluding steroid dienone is 8. The first-order chi connectivity index (χ1) is 41.6. The maximum Gasteiger partial charge on any atom is 0.361 e. The van der Waals surface area contributed by atoms with Crippen LogP contribution in [-0.2, 0) is 33.3 Å². The molecule has 9 nitrogen and oxygen atoms in total. The first-order valence-electron chi connectivity index (χ1n) is 36.8. The molecule has 0 aromatic heterocycles. The molecule has 0 bridgehead atoms. The molecular weight excluding hydrogens is 1050 g/mol. The van der Waals surface area contributed by atoms with Gasteiger partial charge in [-0.25, -0.2) is 4.79 Å². The van der Waals surface area contributed by atoms with Crippen LogP contribution in [-0.4, -0.2) is 87.4 Å². The molecule has 0 aromatic carbocycles. The highest BCUT2D eigenvalue weighted by Crippen LogP contribution is 2.19. The monoisotopic (exact) mass is 1200 g/mol. The van der Waals surface area contributed by atoms with Crippen LogP contribution in [0.5, 0.6) is 0 Å². The van der Waals surface area contributed by atoms with Gasteiger partial charge in [0.15, 0.2) is 6.10 Å². The Morgan fingerprint density at radius 3 is 1.00 bits per heavy atom. The second-order valence-corrected chi connectivity index (χ2v) is 26.2. The molecule has 498 valence electrons. The number of nitrogens with zero attached hydrogens (tertiary/aromatic N) is 1. The van der Waals surface area contributed by atoms with E-state index >= 15 is 0 Å². The Kier molecular flexibility index (Phi) is 65.0. The molecule has 0 saturated heterocycles. The number of carboxylic acids is 1. The fraction of sp³-hybridized carbons (Fsp3) is 0.855. The van der Waals surface area contributed by atoms with Crippen LogP contribution in [0.25, 0.3) is 0 Å². The molecule has 85 heavy (non-hydrogen) atoms. The SMILES string of the molecule is CC/C=C\C/C=C\C/C=C\C/C=C\CCCCCCCCCCCCCCCCCCCCCCCCCCCCC(=O)OC(COC(=O)CCCCCCCCCCCCCCCCCCCCCCC)COC(OCC[N+](C)(C)C)C(=O)O. The van der Waals surface area contributed by atoms with Gasteiger partial charge in [-0.1, -0.05) is 345 Å². The van der Waals surface area contributed by atoms with Gasteiger partial charge >= 0.3 is 17.9 Å². The van der Waals surface area contributed by atoms with Gasteiger partial charge in [-0.05, 0) is 51.4 Å². The molecule has 0 rings (SSSR count). The number of ether oxygens (including phenoxy) is 4. The predicted octanol–water partition coefficient (Wildman–Crippen LogP) is 22.9. The van der Waals surface area contributed by atoms with E-state index in [4.69, 9.17) is 18.9 Å². The summed E-state index contributed by atoms with van der Waals surface area (Å²) in [4.78, 5) is 37.6. The minimum Gasteiger partial charge on any atom is -0.477 e. The number of carbonyl (C=O) groups excluding carboxylic acids is 2. The number of hydrogen-bond donors (Lipinski definition) is 1. The van der Waals surface area contributed by atoms with E-state index in [9.17, 15) is 19.5 Å². The molecule has 0 heterocycles. The summed E-state index contributed by atoms with van der Waals surface area (Å²) < 4.78 is 23.0. The second kappa shape index (κ2) is 67.2. The number of hydrogen-bond acceptors (Lipinski definition) is 7. The van der Waals surface area contributed by atoms with Gasteiger partial charge in [0.05, 0.1) is 34.4 Å². The Hall–Kier alpha value is -2.75. The van der Waals surface area contributed by atoms with Gasteiger partial charge < -0.3 is 28.5 Å². The Morgan fingerprint density at radius 2 is 0.671 bits per heavy atom. The van der Waals surface area contributed by atoms with Crippen molar-refractivity contribution in [1.29, 1.82) is 0 Å². The Morgan fingerprint density at radius 1 is 0.365 bits per heavy atom. The van der Waals surface area contributed by atoms with E-state index in [1.165, 1.54) is 270 Å². The lowest BCUT2D eigenvalue weighted by Crippen LogP contribution is -2.40. The van der Waals surface area contributed by atoms with Crippen LogP contribution in [0.2, 0.25) is 0 Å². The van der Waals surface area contributed by atoms with Crippen molar-refractivity contribution in [3.05, 3.63) is 48.6 Å². The number of quaternary nitrogens is 1. The Bertz CT molecular complexity index is 1530. The summed E-state index contributed by atoms with van der Waals surface area (Å²) in [6.45, 7) is 4.84. The molecule has 1 N–H and O–H groups in total. The molecule has 0 aliphatic heterocycles. The lowest BCUT2D eigenvalue weighted by atomic mass is 10.0. The highest BCUT2D eigenvalue weighted by atomic mass is 16.7. The smallest absolute Gasteiger partial charge is 0.361 e. The van der Waals surface area contributed by atoms with E-state index in [0.29, 0.717) is 17.4 Å². The van der Waals surface area contributed by atoms with Gasteiger partial charge in [0, 0.05) is 12.8 Å². The molecule has 0 spiro atoms. The number of rotatable bonds is 69. The fourth-order valence-corrected chi connectivity index (χ4v) is 11.0. The summed E-state index contributed by atoms with van der Waals surface area (Å²) >= 11 is 0. The van der Waals surface area contributed by atoms with Crippen LogP contribution in [0.3, 0.4) is 0 Å². The van der Waals surface area contributed by atoms with Crippen LogP contribution in [0, 0.1) is 0 Å². The van der Waals surface area contributed by atoms with Crippen LogP contribution in [0.4, 0.5) is 0 Å². The van der Waals surface area contributed by atoms with Crippen LogP contribution in [0.15, 0.2) is 48.6 Å². The van der Waals surface area contributed by atoms with Crippen molar-refractivity contribution >= 4 is 17.9 Å². The Balaban J connectivity index is 3.96. The number of likely N-dealkylation sites (N-methyl/N-ethyl adjacent to an activating group) is 1. The van der Waals surface area contributed by atoms with Crippen molar-refractivity contribution < 1.29 is 42.9 Å². The fourth-order valence-electron chi connectivity index (χ4n) is 11.0. The number of aliphatic carboxylic acids is 1. The molecule has 0 saturated carbocycles. The molecule has 2 unspecified atom stereocenters. The Labute approximate surface area is 527 Å². The third-order valence-corrected chi connectivity index (χ3v) is 16.6. The molecule has 0 aliphatic rings. The van der Waals surface area contributed by atoms with Crippen LogP contribution >= 0.6 is 0 Å². The summed E-state index contributed by atoms with van der Waals surface area (Å²) in [6.07, 6.45) is 83.9. The molecule has 0 fully saturated rings. The molecule has 0 aromatic rings. The van der Waals surface area contributed by atoms with Gasteiger partial charge in [0.2, 0.25) is 0 Å². The van der Waals surface area contributed by atoms with Gasteiger partial charge in [0.1, 0.15) is 13.2 Å². The zero-order valence-electron chi connectivity index (χ0n) is 57.0. The van der Waals surface area contributed by atoms with Gasteiger partial charge in [-0.15, -0.1) is 0 Å². The third-order valence-electron chi connectivity index (χ3n) is 16.6.